The molecule has 108 valence electrons. The fourth-order valence-electron chi connectivity index (χ4n) is 2.62. The minimum Gasteiger partial charge on any atom is -0.363 e. The van der Waals surface area contributed by atoms with Crippen LogP contribution in [-0.4, -0.2) is 18.6 Å². The van der Waals surface area contributed by atoms with Gasteiger partial charge in [0.25, 0.3) is 0 Å². The lowest BCUT2D eigenvalue weighted by atomic mass is 9.91. The molecule has 1 aromatic carbocycles. The number of para-hydroxylation sites is 1. The second-order valence-corrected chi connectivity index (χ2v) is 5.35. The summed E-state index contributed by atoms with van der Waals surface area (Å²) in [7, 11) is 0. The van der Waals surface area contributed by atoms with Crippen molar-refractivity contribution in [3.63, 3.8) is 0 Å². The molecular formula is C16H27FN2. The van der Waals surface area contributed by atoms with E-state index >= 15 is 0 Å². The highest BCUT2D eigenvalue weighted by atomic mass is 19.1. The van der Waals surface area contributed by atoms with Gasteiger partial charge in [-0.2, -0.15) is 0 Å². The second kappa shape index (κ2) is 7.49. The fourth-order valence-corrected chi connectivity index (χ4v) is 2.62. The molecule has 0 amide bonds. The molecule has 2 N–H and O–H groups in total. The molecule has 1 unspecified atom stereocenters. The predicted molar refractivity (Wildman–Crippen MR) is 81.0 cm³/mol. The lowest BCUT2D eigenvalue weighted by Crippen LogP contribution is -2.52. The number of nitrogens with two attached hydrogens (primary N) is 1. The van der Waals surface area contributed by atoms with Crippen molar-refractivity contribution in [3.8, 4) is 0 Å². The number of hydrogen-bond acceptors (Lipinski definition) is 2. The van der Waals surface area contributed by atoms with E-state index in [0.29, 0.717) is 12.2 Å². The van der Waals surface area contributed by atoms with Crippen molar-refractivity contribution in [1.29, 1.82) is 0 Å². The Hall–Kier alpha value is -1.09. The first-order valence-electron chi connectivity index (χ1n) is 7.31. The molecule has 0 bridgehead atoms. The first-order valence-corrected chi connectivity index (χ1v) is 7.31. The van der Waals surface area contributed by atoms with E-state index in [1.165, 1.54) is 18.9 Å². The molecule has 2 nitrogen and oxygen atoms in total. The maximum atomic E-state index is 14.0. The quantitative estimate of drug-likeness (QED) is 0.722. The van der Waals surface area contributed by atoms with Gasteiger partial charge in [-0.15, -0.1) is 0 Å². The molecule has 3 heteroatoms. The van der Waals surface area contributed by atoms with Crippen molar-refractivity contribution in [2.45, 2.75) is 52.0 Å². The van der Waals surface area contributed by atoms with E-state index < -0.39 is 0 Å². The Balaban J connectivity index is 2.95. The average Bonchev–Trinajstić information content (AvgIpc) is 2.42. The third-order valence-electron chi connectivity index (χ3n) is 3.87. The van der Waals surface area contributed by atoms with E-state index in [-0.39, 0.29) is 11.4 Å². The summed E-state index contributed by atoms with van der Waals surface area (Å²) >= 11 is 0. The number of likely N-dealkylation sites (N-methyl/N-ethyl adjacent to an activating group) is 1. The van der Waals surface area contributed by atoms with Crippen LogP contribution in [0, 0.1) is 5.82 Å². The molecule has 1 rings (SSSR count). The van der Waals surface area contributed by atoms with Crippen LogP contribution in [-0.2, 0) is 0 Å². The number of nitrogens with zero attached hydrogens (tertiary/aromatic N) is 1. The Labute approximate surface area is 116 Å². The Morgan fingerprint density at radius 2 is 1.89 bits per heavy atom. The van der Waals surface area contributed by atoms with Crippen molar-refractivity contribution in [3.05, 3.63) is 30.1 Å². The van der Waals surface area contributed by atoms with Gasteiger partial charge in [0, 0.05) is 18.6 Å². The van der Waals surface area contributed by atoms with Crippen LogP contribution in [0.1, 0.15) is 46.5 Å². The number of hydrogen-bond donors (Lipinski definition) is 1. The zero-order valence-electron chi connectivity index (χ0n) is 12.5. The molecule has 0 aliphatic rings. The van der Waals surface area contributed by atoms with Crippen molar-refractivity contribution in [2.24, 2.45) is 5.73 Å². The summed E-state index contributed by atoms with van der Waals surface area (Å²) in [4.78, 5) is 2.11. The molecule has 0 fully saturated rings. The number of rotatable bonds is 8. The summed E-state index contributed by atoms with van der Waals surface area (Å²) in [6.07, 6.45) is 4.52. The molecule has 0 aliphatic heterocycles. The van der Waals surface area contributed by atoms with Gasteiger partial charge in [0.1, 0.15) is 5.82 Å². The van der Waals surface area contributed by atoms with Gasteiger partial charge in [-0.25, -0.2) is 4.39 Å². The molecule has 19 heavy (non-hydrogen) atoms. The highest BCUT2D eigenvalue weighted by Gasteiger charge is 2.30. The van der Waals surface area contributed by atoms with Crippen LogP contribution in [0.2, 0.25) is 0 Å². The molecule has 1 aromatic rings. The van der Waals surface area contributed by atoms with Crippen LogP contribution in [0.4, 0.5) is 10.1 Å². The molecule has 0 spiro atoms. The Morgan fingerprint density at radius 3 is 2.42 bits per heavy atom. The molecule has 0 radical (unpaired) electrons. The van der Waals surface area contributed by atoms with Gasteiger partial charge in [0.15, 0.2) is 0 Å². The smallest absolute Gasteiger partial charge is 0.146 e. The molecule has 1 atom stereocenters. The van der Waals surface area contributed by atoms with E-state index in [9.17, 15) is 4.39 Å². The first kappa shape index (κ1) is 16.0. The lowest BCUT2D eigenvalue weighted by Gasteiger charge is -2.42. The fraction of sp³-hybridized carbons (Fsp3) is 0.625. The average molecular weight is 266 g/mol. The highest BCUT2D eigenvalue weighted by molar-refractivity contribution is 5.50. The van der Waals surface area contributed by atoms with Crippen LogP contribution in [0.3, 0.4) is 0 Å². The molecule has 0 aromatic heterocycles. The summed E-state index contributed by atoms with van der Waals surface area (Å²) in [6, 6.07) is 6.96. The van der Waals surface area contributed by atoms with E-state index in [1.54, 1.807) is 6.07 Å². The topological polar surface area (TPSA) is 29.3 Å². The van der Waals surface area contributed by atoms with Crippen LogP contribution >= 0.6 is 0 Å². The molecule has 0 saturated carbocycles. The molecule has 0 aliphatic carbocycles. The second-order valence-electron chi connectivity index (χ2n) is 5.35. The summed E-state index contributed by atoms with van der Waals surface area (Å²) in [6.45, 7) is 7.69. The maximum absolute atomic E-state index is 14.0. The van der Waals surface area contributed by atoms with E-state index in [4.69, 9.17) is 5.73 Å². The Bertz CT molecular complexity index is 381. The van der Waals surface area contributed by atoms with Crippen LogP contribution in [0.5, 0.6) is 0 Å². The monoisotopic (exact) mass is 266 g/mol. The van der Waals surface area contributed by atoms with Crippen molar-refractivity contribution in [1.82, 2.24) is 0 Å². The Morgan fingerprint density at radius 1 is 1.21 bits per heavy atom. The molecule has 0 heterocycles. The third kappa shape index (κ3) is 3.93. The Kier molecular flexibility index (Phi) is 6.29. The van der Waals surface area contributed by atoms with Gasteiger partial charge >= 0.3 is 0 Å². The summed E-state index contributed by atoms with van der Waals surface area (Å²) in [5.74, 6) is -0.167. The summed E-state index contributed by atoms with van der Waals surface area (Å²) < 4.78 is 14.0. The number of anilines is 1. The summed E-state index contributed by atoms with van der Waals surface area (Å²) in [5.41, 5.74) is 6.48. The number of unbranched alkanes of at least 4 members (excludes halogenated alkanes) is 2. The SMILES string of the molecule is CCCCCC(C)(CN)N(CC)c1ccccc1F. The molecular weight excluding hydrogens is 239 g/mol. The largest absolute Gasteiger partial charge is 0.363 e. The number of halogens is 1. The van der Waals surface area contributed by atoms with Gasteiger partial charge in [0.05, 0.1) is 5.69 Å². The zero-order valence-corrected chi connectivity index (χ0v) is 12.5. The van der Waals surface area contributed by atoms with E-state index in [2.05, 4.69) is 25.7 Å². The predicted octanol–water partition coefficient (Wildman–Crippen LogP) is 3.95. The van der Waals surface area contributed by atoms with E-state index in [0.717, 1.165) is 19.4 Å². The first-order chi connectivity index (χ1) is 9.09. The van der Waals surface area contributed by atoms with Gasteiger partial charge in [-0.3, -0.25) is 0 Å². The van der Waals surface area contributed by atoms with Gasteiger partial charge in [0.2, 0.25) is 0 Å². The lowest BCUT2D eigenvalue weighted by molar-refractivity contribution is 0.383. The maximum Gasteiger partial charge on any atom is 0.146 e. The van der Waals surface area contributed by atoms with Gasteiger partial charge in [-0.1, -0.05) is 38.3 Å². The van der Waals surface area contributed by atoms with Crippen LogP contribution in [0.15, 0.2) is 24.3 Å². The van der Waals surface area contributed by atoms with Crippen molar-refractivity contribution < 1.29 is 4.39 Å². The van der Waals surface area contributed by atoms with Crippen molar-refractivity contribution in [2.75, 3.05) is 18.0 Å². The van der Waals surface area contributed by atoms with Gasteiger partial charge < -0.3 is 10.6 Å². The van der Waals surface area contributed by atoms with Crippen LogP contribution in [0.25, 0.3) is 0 Å². The van der Waals surface area contributed by atoms with Gasteiger partial charge in [-0.05, 0) is 32.4 Å². The minimum atomic E-state index is -0.174. The summed E-state index contributed by atoms with van der Waals surface area (Å²) in [5, 5.41) is 0. The highest BCUT2D eigenvalue weighted by Crippen LogP contribution is 2.29. The van der Waals surface area contributed by atoms with E-state index in [1.807, 2.05) is 12.1 Å². The minimum absolute atomic E-state index is 0.167. The van der Waals surface area contributed by atoms with Crippen LogP contribution < -0.4 is 10.6 Å². The van der Waals surface area contributed by atoms with Crippen molar-refractivity contribution >= 4 is 5.69 Å². The standard InChI is InChI=1S/C16H27FN2/c1-4-6-9-12-16(3,13-18)19(5-2)15-11-8-7-10-14(15)17/h7-8,10-11H,4-6,9,12-13,18H2,1-3H3. The normalized spacial score (nSPS) is 14.2. The molecule has 0 saturated heterocycles. The third-order valence-corrected chi connectivity index (χ3v) is 3.87. The number of benzene rings is 1. The zero-order chi connectivity index (χ0) is 14.3.